The molecule has 0 fully saturated rings. The SMILES string of the molecule is Cc1cc(Oc2c(C=O)c(C)nn2C)c(F)cc1[N+](=O)[O-]. The van der Waals surface area contributed by atoms with E-state index in [-0.39, 0.29) is 28.4 Å². The van der Waals surface area contributed by atoms with Crippen molar-refractivity contribution in [3.8, 4) is 11.6 Å². The van der Waals surface area contributed by atoms with Crippen LogP contribution >= 0.6 is 0 Å². The predicted molar refractivity (Wildman–Crippen MR) is 71.2 cm³/mol. The molecule has 0 aliphatic rings. The number of carbonyl (C=O) groups excluding carboxylic acids is 1. The normalized spacial score (nSPS) is 10.5. The van der Waals surface area contributed by atoms with E-state index >= 15 is 0 Å². The lowest BCUT2D eigenvalue weighted by Crippen LogP contribution is -2.00. The average Bonchev–Trinajstić information content (AvgIpc) is 2.67. The number of ether oxygens (including phenoxy) is 1. The Labute approximate surface area is 119 Å². The van der Waals surface area contributed by atoms with Gasteiger partial charge in [0, 0.05) is 12.6 Å². The van der Waals surface area contributed by atoms with Crippen molar-refractivity contribution in [1.82, 2.24) is 9.78 Å². The number of rotatable bonds is 4. The molecular formula is C13H12FN3O4. The maximum absolute atomic E-state index is 13.9. The Morgan fingerprint density at radius 1 is 1.43 bits per heavy atom. The lowest BCUT2D eigenvalue weighted by atomic mass is 10.2. The molecule has 2 aromatic rings. The van der Waals surface area contributed by atoms with Crippen molar-refractivity contribution in [3.63, 3.8) is 0 Å². The maximum Gasteiger partial charge on any atom is 0.275 e. The highest BCUT2D eigenvalue weighted by molar-refractivity contribution is 5.80. The number of nitro benzene ring substituents is 1. The van der Waals surface area contributed by atoms with Crippen molar-refractivity contribution in [1.29, 1.82) is 0 Å². The second-order valence-corrected chi connectivity index (χ2v) is 4.47. The van der Waals surface area contributed by atoms with E-state index in [0.717, 1.165) is 6.07 Å². The van der Waals surface area contributed by atoms with Crippen LogP contribution in [-0.2, 0) is 7.05 Å². The number of carbonyl (C=O) groups is 1. The van der Waals surface area contributed by atoms with E-state index in [1.54, 1.807) is 14.0 Å². The first-order valence-corrected chi connectivity index (χ1v) is 5.96. The summed E-state index contributed by atoms with van der Waals surface area (Å²) in [6, 6.07) is 2.00. The molecule has 0 spiro atoms. The Bertz CT molecular complexity index is 740. The van der Waals surface area contributed by atoms with Crippen molar-refractivity contribution >= 4 is 12.0 Å². The van der Waals surface area contributed by atoms with Crippen LogP contribution in [0.25, 0.3) is 0 Å². The number of hydrogen-bond acceptors (Lipinski definition) is 5. The summed E-state index contributed by atoms with van der Waals surface area (Å²) in [5.41, 5.74) is 0.564. The summed E-state index contributed by atoms with van der Waals surface area (Å²) in [6.07, 6.45) is 0.563. The minimum atomic E-state index is -0.886. The van der Waals surface area contributed by atoms with Crippen molar-refractivity contribution in [3.05, 3.63) is 44.9 Å². The van der Waals surface area contributed by atoms with E-state index in [9.17, 15) is 19.3 Å². The smallest absolute Gasteiger partial charge is 0.275 e. The summed E-state index contributed by atoms with van der Waals surface area (Å²) >= 11 is 0. The third kappa shape index (κ3) is 2.60. The molecule has 0 unspecified atom stereocenters. The Balaban J connectivity index is 2.48. The second-order valence-electron chi connectivity index (χ2n) is 4.47. The van der Waals surface area contributed by atoms with Crippen LogP contribution in [0.2, 0.25) is 0 Å². The Kier molecular flexibility index (Phi) is 3.70. The van der Waals surface area contributed by atoms with Crippen LogP contribution in [0, 0.1) is 29.8 Å². The zero-order valence-corrected chi connectivity index (χ0v) is 11.6. The van der Waals surface area contributed by atoms with Gasteiger partial charge in [-0.05, 0) is 19.9 Å². The molecule has 0 atom stereocenters. The minimum absolute atomic E-state index is 0.0784. The summed E-state index contributed by atoms with van der Waals surface area (Å²) in [6.45, 7) is 3.09. The molecule has 21 heavy (non-hydrogen) atoms. The van der Waals surface area contributed by atoms with Crippen LogP contribution < -0.4 is 4.74 Å². The molecule has 0 bridgehead atoms. The predicted octanol–water partition coefficient (Wildman–Crippen LogP) is 2.69. The van der Waals surface area contributed by atoms with Crippen LogP contribution in [0.4, 0.5) is 10.1 Å². The van der Waals surface area contributed by atoms with E-state index in [0.29, 0.717) is 12.0 Å². The third-order valence-electron chi connectivity index (χ3n) is 2.99. The zero-order valence-electron chi connectivity index (χ0n) is 11.6. The number of nitro groups is 1. The van der Waals surface area contributed by atoms with Gasteiger partial charge in [-0.2, -0.15) is 5.10 Å². The van der Waals surface area contributed by atoms with Crippen LogP contribution in [0.1, 0.15) is 21.6 Å². The summed E-state index contributed by atoms with van der Waals surface area (Å²) < 4.78 is 20.6. The van der Waals surface area contributed by atoms with Crippen molar-refractivity contribution < 1.29 is 18.8 Å². The standard InChI is InChI=1S/C13H12FN3O4/c1-7-4-12(10(14)5-11(7)17(19)20)21-13-9(6-18)8(2)15-16(13)3/h4-6H,1-3H3. The maximum atomic E-state index is 13.9. The fraction of sp³-hybridized carbons (Fsp3) is 0.231. The van der Waals surface area contributed by atoms with Gasteiger partial charge in [0.05, 0.1) is 22.2 Å². The van der Waals surface area contributed by atoms with Gasteiger partial charge >= 0.3 is 0 Å². The van der Waals surface area contributed by atoms with Gasteiger partial charge in [0.25, 0.3) is 5.69 Å². The number of nitrogens with zero attached hydrogens (tertiary/aromatic N) is 3. The van der Waals surface area contributed by atoms with Crippen LogP contribution in [-0.4, -0.2) is 21.0 Å². The lowest BCUT2D eigenvalue weighted by Gasteiger charge is -2.08. The fourth-order valence-corrected chi connectivity index (χ4v) is 1.93. The lowest BCUT2D eigenvalue weighted by molar-refractivity contribution is -0.385. The second kappa shape index (κ2) is 5.31. The number of hydrogen-bond donors (Lipinski definition) is 0. The number of benzene rings is 1. The first-order chi connectivity index (χ1) is 9.85. The highest BCUT2D eigenvalue weighted by Crippen LogP contribution is 2.32. The summed E-state index contributed by atoms with van der Waals surface area (Å²) in [5.74, 6) is -1.01. The number of aldehydes is 1. The molecule has 0 saturated carbocycles. The molecule has 0 N–H and O–H groups in total. The molecule has 2 rings (SSSR count). The van der Waals surface area contributed by atoms with Gasteiger partial charge in [0.2, 0.25) is 5.88 Å². The number of halogens is 1. The van der Waals surface area contributed by atoms with Crippen LogP contribution in [0.15, 0.2) is 12.1 Å². The Morgan fingerprint density at radius 2 is 2.10 bits per heavy atom. The van der Waals surface area contributed by atoms with Gasteiger partial charge in [-0.3, -0.25) is 14.9 Å². The summed E-state index contributed by atoms with van der Waals surface area (Å²) in [4.78, 5) is 21.1. The van der Waals surface area contributed by atoms with Crippen molar-refractivity contribution in [2.24, 2.45) is 7.05 Å². The van der Waals surface area contributed by atoms with E-state index in [1.165, 1.54) is 17.7 Å². The van der Waals surface area contributed by atoms with Crippen LogP contribution in [0.3, 0.4) is 0 Å². The molecule has 7 nitrogen and oxygen atoms in total. The summed E-state index contributed by atoms with van der Waals surface area (Å²) in [7, 11) is 1.55. The van der Waals surface area contributed by atoms with Gasteiger partial charge < -0.3 is 4.74 Å². The first-order valence-electron chi connectivity index (χ1n) is 5.96. The van der Waals surface area contributed by atoms with Gasteiger partial charge in [-0.1, -0.05) is 0 Å². The largest absolute Gasteiger partial charge is 0.435 e. The molecule has 110 valence electrons. The zero-order chi connectivity index (χ0) is 15.7. The molecule has 1 heterocycles. The molecule has 0 amide bonds. The minimum Gasteiger partial charge on any atom is -0.435 e. The molecule has 0 saturated heterocycles. The van der Waals surface area contributed by atoms with Gasteiger partial charge in [-0.15, -0.1) is 0 Å². The third-order valence-corrected chi connectivity index (χ3v) is 2.99. The van der Waals surface area contributed by atoms with E-state index in [4.69, 9.17) is 4.74 Å². The molecular weight excluding hydrogens is 281 g/mol. The highest BCUT2D eigenvalue weighted by atomic mass is 19.1. The molecule has 1 aromatic heterocycles. The molecule has 0 radical (unpaired) electrons. The number of aryl methyl sites for hydroxylation is 3. The van der Waals surface area contributed by atoms with Crippen molar-refractivity contribution in [2.45, 2.75) is 13.8 Å². The quantitative estimate of drug-likeness (QED) is 0.491. The monoisotopic (exact) mass is 293 g/mol. The van der Waals surface area contributed by atoms with E-state index in [2.05, 4.69) is 5.10 Å². The number of aromatic nitrogens is 2. The van der Waals surface area contributed by atoms with Gasteiger partial charge in [0.15, 0.2) is 17.9 Å². The first kappa shape index (κ1) is 14.6. The van der Waals surface area contributed by atoms with Crippen molar-refractivity contribution in [2.75, 3.05) is 0 Å². The van der Waals surface area contributed by atoms with Crippen LogP contribution in [0.5, 0.6) is 11.6 Å². The van der Waals surface area contributed by atoms with Gasteiger partial charge in [0.1, 0.15) is 0 Å². The summed E-state index contributed by atoms with van der Waals surface area (Å²) in [5, 5.41) is 14.7. The molecule has 1 aromatic carbocycles. The average molecular weight is 293 g/mol. The Morgan fingerprint density at radius 3 is 2.67 bits per heavy atom. The van der Waals surface area contributed by atoms with Gasteiger partial charge in [-0.25, -0.2) is 9.07 Å². The molecule has 0 aliphatic heterocycles. The molecule has 8 heteroatoms. The highest BCUT2D eigenvalue weighted by Gasteiger charge is 2.20. The van der Waals surface area contributed by atoms with E-state index in [1.807, 2.05) is 0 Å². The fourth-order valence-electron chi connectivity index (χ4n) is 1.93. The Hall–Kier alpha value is -2.77. The topological polar surface area (TPSA) is 87.3 Å². The van der Waals surface area contributed by atoms with E-state index < -0.39 is 10.7 Å². The molecule has 0 aliphatic carbocycles.